The molecule has 1 heterocycles. The molecule has 0 radical (unpaired) electrons. The van der Waals surface area contributed by atoms with E-state index in [4.69, 9.17) is 0 Å². The Kier molecular flexibility index (Phi) is 4.76. The van der Waals surface area contributed by atoms with Crippen molar-refractivity contribution < 1.29 is 8.42 Å². The fourth-order valence-corrected chi connectivity index (χ4v) is 2.89. The average molecular weight is 248 g/mol. The molecule has 4 nitrogen and oxygen atoms in total. The molecule has 0 saturated carbocycles. The summed E-state index contributed by atoms with van der Waals surface area (Å²) >= 11 is 0. The minimum absolute atomic E-state index is 0.157. The summed E-state index contributed by atoms with van der Waals surface area (Å²) in [5.41, 5.74) is 0.157. The minimum atomic E-state index is -2.84. The highest BCUT2D eigenvalue weighted by Gasteiger charge is 2.27. The molecule has 0 spiro atoms. The Bertz CT molecular complexity index is 308. The lowest BCUT2D eigenvalue weighted by Gasteiger charge is -2.38. The number of nitrogens with zero attached hydrogens (tertiary/aromatic N) is 1. The normalized spacial score (nSPS) is 27.2. The summed E-state index contributed by atoms with van der Waals surface area (Å²) in [6.45, 7) is 4.85. The molecule has 1 rings (SSSR count). The molecule has 1 aliphatic heterocycles. The monoisotopic (exact) mass is 248 g/mol. The maximum absolute atomic E-state index is 11.1. The quantitative estimate of drug-likeness (QED) is 0.769. The van der Waals surface area contributed by atoms with Gasteiger partial charge in [-0.3, -0.25) is 0 Å². The SMILES string of the molecule is CN(CCS(C)(=O)=O)CC1(C)CCCCN1. The Morgan fingerprint density at radius 3 is 2.56 bits per heavy atom. The van der Waals surface area contributed by atoms with E-state index >= 15 is 0 Å². The number of nitrogens with one attached hydrogen (secondary N) is 1. The fourth-order valence-electron chi connectivity index (χ4n) is 2.25. The summed E-state index contributed by atoms with van der Waals surface area (Å²) in [5.74, 6) is 0.250. The van der Waals surface area contributed by atoms with E-state index in [1.165, 1.54) is 25.5 Å². The van der Waals surface area contributed by atoms with Crippen molar-refractivity contribution >= 4 is 9.84 Å². The zero-order valence-electron chi connectivity index (χ0n) is 10.6. The molecule has 5 heteroatoms. The number of sulfone groups is 1. The van der Waals surface area contributed by atoms with Gasteiger partial charge in [-0.15, -0.1) is 0 Å². The Morgan fingerprint density at radius 2 is 2.06 bits per heavy atom. The lowest BCUT2D eigenvalue weighted by molar-refractivity contribution is 0.193. The Balaban J connectivity index is 2.35. The van der Waals surface area contributed by atoms with Crippen molar-refractivity contribution in [1.82, 2.24) is 10.2 Å². The third-order valence-electron chi connectivity index (χ3n) is 3.17. The lowest BCUT2D eigenvalue weighted by Crippen LogP contribution is -2.53. The molecule has 1 fully saturated rings. The highest BCUT2D eigenvalue weighted by molar-refractivity contribution is 7.90. The van der Waals surface area contributed by atoms with Crippen molar-refractivity contribution in [2.75, 3.05) is 38.7 Å². The van der Waals surface area contributed by atoms with Gasteiger partial charge in [0.15, 0.2) is 0 Å². The van der Waals surface area contributed by atoms with Gasteiger partial charge in [0.25, 0.3) is 0 Å². The number of hydrogen-bond acceptors (Lipinski definition) is 4. The molecular formula is C11H24N2O2S. The zero-order valence-corrected chi connectivity index (χ0v) is 11.4. The summed E-state index contributed by atoms with van der Waals surface area (Å²) in [6.07, 6.45) is 4.99. The molecule has 1 unspecified atom stereocenters. The molecule has 1 N–H and O–H groups in total. The average Bonchev–Trinajstić information content (AvgIpc) is 2.14. The van der Waals surface area contributed by atoms with Gasteiger partial charge in [-0.2, -0.15) is 0 Å². The van der Waals surface area contributed by atoms with Crippen molar-refractivity contribution in [2.45, 2.75) is 31.7 Å². The standard InChI is InChI=1S/C11H24N2O2S/c1-11(6-4-5-7-12-11)10-13(2)8-9-16(3,14)15/h12H,4-10H2,1-3H3. The van der Waals surface area contributed by atoms with Crippen LogP contribution in [0.25, 0.3) is 0 Å². The van der Waals surface area contributed by atoms with E-state index in [-0.39, 0.29) is 11.3 Å². The second-order valence-electron chi connectivity index (χ2n) is 5.31. The van der Waals surface area contributed by atoms with Crippen LogP contribution in [0.2, 0.25) is 0 Å². The molecule has 0 aromatic rings. The van der Waals surface area contributed by atoms with Gasteiger partial charge < -0.3 is 10.2 Å². The predicted molar refractivity (Wildman–Crippen MR) is 67.5 cm³/mol. The van der Waals surface area contributed by atoms with E-state index in [0.29, 0.717) is 6.54 Å². The van der Waals surface area contributed by atoms with E-state index in [2.05, 4.69) is 17.1 Å². The lowest BCUT2D eigenvalue weighted by atomic mass is 9.90. The summed E-state index contributed by atoms with van der Waals surface area (Å²) in [5, 5.41) is 3.53. The van der Waals surface area contributed by atoms with Crippen LogP contribution in [0.3, 0.4) is 0 Å². The van der Waals surface area contributed by atoms with Crippen molar-refractivity contribution in [2.24, 2.45) is 0 Å². The Morgan fingerprint density at radius 1 is 1.38 bits per heavy atom. The number of hydrogen-bond donors (Lipinski definition) is 1. The van der Waals surface area contributed by atoms with Crippen molar-refractivity contribution in [3.05, 3.63) is 0 Å². The van der Waals surface area contributed by atoms with E-state index < -0.39 is 9.84 Å². The van der Waals surface area contributed by atoms with Gasteiger partial charge in [-0.05, 0) is 33.4 Å². The van der Waals surface area contributed by atoms with E-state index in [1.807, 2.05) is 7.05 Å². The third kappa shape index (κ3) is 5.27. The molecule has 96 valence electrons. The molecule has 0 aromatic heterocycles. The first-order valence-corrected chi connectivity index (χ1v) is 7.98. The molecule has 1 saturated heterocycles. The van der Waals surface area contributed by atoms with Crippen LogP contribution < -0.4 is 5.32 Å². The third-order valence-corrected chi connectivity index (χ3v) is 4.09. The smallest absolute Gasteiger partial charge is 0.148 e. The molecule has 16 heavy (non-hydrogen) atoms. The summed E-state index contributed by atoms with van der Waals surface area (Å²) in [4.78, 5) is 2.11. The Labute approximate surface area is 99.3 Å². The van der Waals surface area contributed by atoms with Crippen LogP contribution in [-0.2, 0) is 9.84 Å². The molecule has 0 amide bonds. The van der Waals surface area contributed by atoms with Gasteiger partial charge in [0.05, 0.1) is 5.75 Å². The molecule has 0 aromatic carbocycles. The van der Waals surface area contributed by atoms with Gasteiger partial charge in [0, 0.05) is 24.9 Å². The van der Waals surface area contributed by atoms with Crippen LogP contribution in [-0.4, -0.2) is 57.5 Å². The van der Waals surface area contributed by atoms with E-state index in [0.717, 1.165) is 13.1 Å². The summed E-state index contributed by atoms with van der Waals surface area (Å²) < 4.78 is 22.1. The summed E-state index contributed by atoms with van der Waals surface area (Å²) in [7, 11) is -0.849. The van der Waals surface area contributed by atoms with Gasteiger partial charge >= 0.3 is 0 Å². The van der Waals surface area contributed by atoms with Crippen LogP contribution in [0.1, 0.15) is 26.2 Å². The van der Waals surface area contributed by atoms with Gasteiger partial charge in [-0.1, -0.05) is 6.42 Å². The Hall–Kier alpha value is -0.130. The first kappa shape index (κ1) is 13.9. The maximum Gasteiger partial charge on any atom is 0.148 e. The zero-order chi connectivity index (χ0) is 12.2. The number of likely N-dealkylation sites (N-methyl/N-ethyl adjacent to an activating group) is 1. The highest BCUT2D eigenvalue weighted by atomic mass is 32.2. The number of piperidine rings is 1. The second-order valence-corrected chi connectivity index (χ2v) is 7.57. The first-order chi connectivity index (χ1) is 7.31. The molecule has 0 bridgehead atoms. The van der Waals surface area contributed by atoms with E-state index in [9.17, 15) is 8.42 Å². The van der Waals surface area contributed by atoms with Crippen LogP contribution in [0.5, 0.6) is 0 Å². The van der Waals surface area contributed by atoms with Crippen LogP contribution in [0.4, 0.5) is 0 Å². The minimum Gasteiger partial charge on any atom is -0.310 e. The molecule has 1 aliphatic rings. The summed E-state index contributed by atoms with van der Waals surface area (Å²) in [6, 6.07) is 0. The second kappa shape index (κ2) is 5.47. The van der Waals surface area contributed by atoms with Crippen molar-refractivity contribution in [3.63, 3.8) is 0 Å². The van der Waals surface area contributed by atoms with Crippen molar-refractivity contribution in [1.29, 1.82) is 0 Å². The van der Waals surface area contributed by atoms with Crippen LogP contribution >= 0.6 is 0 Å². The van der Waals surface area contributed by atoms with E-state index in [1.54, 1.807) is 0 Å². The van der Waals surface area contributed by atoms with Gasteiger partial charge in [0.2, 0.25) is 0 Å². The van der Waals surface area contributed by atoms with Crippen LogP contribution in [0.15, 0.2) is 0 Å². The topological polar surface area (TPSA) is 49.4 Å². The van der Waals surface area contributed by atoms with Gasteiger partial charge in [-0.25, -0.2) is 8.42 Å². The molecular weight excluding hydrogens is 224 g/mol. The van der Waals surface area contributed by atoms with Crippen LogP contribution in [0, 0.1) is 0 Å². The van der Waals surface area contributed by atoms with Crippen molar-refractivity contribution in [3.8, 4) is 0 Å². The fraction of sp³-hybridized carbons (Fsp3) is 1.00. The molecule has 1 atom stereocenters. The molecule has 0 aliphatic carbocycles. The largest absolute Gasteiger partial charge is 0.310 e. The number of rotatable bonds is 5. The van der Waals surface area contributed by atoms with Gasteiger partial charge in [0.1, 0.15) is 9.84 Å². The first-order valence-electron chi connectivity index (χ1n) is 5.92. The maximum atomic E-state index is 11.1. The highest BCUT2D eigenvalue weighted by Crippen LogP contribution is 2.19. The predicted octanol–water partition coefficient (Wildman–Crippen LogP) is 0.495.